The minimum Gasteiger partial charge on any atom is -0.456 e. The topological polar surface area (TPSA) is 37.9 Å². The van der Waals surface area contributed by atoms with Gasteiger partial charge in [-0.3, -0.25) is 4.99 Å². The first-order valence-electron chi connectivity index (χ1n) is 15.4. The maximum absolute atomic E-state index is 6.42. The van der Waals surface area contributed by atoms with Crippen LogP contribution in [0.5, 0.6) is 0 Å². The van der Waals surface area contributed by atoms with Gasteiger partial charge in [-0.15, -0.1) is 0 Å². The van der Waals surface area contributed by atoms with E-state index >= 15 is 0 Å². The summed E-state index contributed by atoms with van der Waals surface area (Å²) in [6.07, 6.45) is 7.47. The van der Waals surface area contributed by atoms with Gasteiger partial charge < -0.3 is 4.42 Å². The fourth-order valence-electron chi connectivity index (χ4n) is 5.72. The molecule has 7 rings (SSSR count). The number of hydrogen-bond donors (Lipinski definition) is 0. The molecule has 0 spiro atoms. The van der Waals surface area contributed by atoms with Gasteiger partial charge in [0.1, 0.15) is 11.3 Å². The Morgan fingerprint density at radius 3 is 2.13 bits per heavy atom. The Kier molecular flexibility index (Phi) is 8.29. The fourth-order valence-corrected chi connectivity index (χ4v) is 5.72. The van der Waals surface area contributed by atoms with E-state index in [-0.39, 0.29) is 0 Å². The molecular formula is C43H32N2O. The fraction of sp³-hybridized carbons (Fsp3) is 0.0233. The highest BCUT2D eigenvalue weighted by Gasteiger charge is 2.16. The number of nitrogens with zero attached hydrogens (tertiary/aromatic N) is 2. The van der Waals surface area contributed by atoms with Crippen molar-refractivity contribution in [1.29, 1.82) is 0 Å². The van der Waals surface area contributed by atoms with Crippen molar-refractivity contribution in [2.45, 2.75) is 6.54 Å². The highest BCUT2D eigenvalue weighted by atomic mass is 16.3. The van der Waals surface area contributed by atoms with Crippen LogP contribution in [0.25, 0.3) is 50.1 Å². The zero-order chi connectivity index (χ0) is 31.1. The van der Waals surface area contributed by atoms with E-state index in [0.29, 0.717) is 18.1 Å². The minimum absolute atomic E-state index is 0.519. The van der Waals surface area contributed by atoms with Crippen LogP contribution in [0.15, 0.2) is 179 Å². The lowest BCUT2D eigenvalue weighted by Crippen LogP contribution is -2.00. The van der Waals surface area contributed by atoms with Gasteiger partial charge in [0.05, 0.1) is 6.54 Å². The van der Waals surface area contributed by atoms with Gasteiger partial charge in [0.25, 0.3) is 0 Å². The molecule has 0 amide bonds. The molecule has 46 heavy (non-hydrogen) atoms. The molecule has 0 aliphatic heterocycles. The summed E-state index contributed by atoms with van der Waals surface area (Å²) in [6.45, 7) is 4.39. The van der Waals surface area contributed by atoms with Gasteiger partial charge >= 0.3 is 0 Å². The normalized spacial score (nSPS) is 12.0. The average molecular weight is 593 g/mol. The summed E-state index contributed by atoms with van der Waals surface area (Å²) >= 11 is 0. The second-order valence-electron chi connectivity index (χ2n) is 11.0. The predicted molar refractivity (Wildman–Crippen MR) is 195 cm³/mol. The molecule has 220 valence electrons. The number of amidine groups is 1. The van der Waals surface area contributed by atoms with E-state index in [1.54, 1.807) is 6.08 Å². The molecule has 0 saturated carbocycles. The maximum atomic E-state index is 6.42. The molecule has 0 bridgehead atoms. The summed E-state index contributed by atoms with van der Waals surface area (Å²) < 4.78 is 6.42. The largest absolute Gasteiger partial charge is 0.456 e. The number of aliphatic imine (C=N–C) groups is 2. The molecule has 0 unspecified atom stereocenters. The SMILES string of the molecule is C=C/C=C\c1oc2cccc(-c3ccc4ccccc4c3)c2c1/C=N/C(=N\Cc1ccccc1)c1ccc(-c2ccccc2)cc1. The molecule has 3 heteroatoms. The number of hydrogen-bond acceptors (Lipinski definition) is 2. The van der Waals surface area contributed by atoms with Gasteiger partial charge in [-0.05, 0) is 56.8 Å². The second-order valence-corrected chi connectivity index (χ2v) is 11.0. The molecule has 7 aromatic rings. The van der Waals surface area contributed by atoms with Crippen molar-refractivity contribution in [3.8, 4) is 22.3 Å². The van der Waals surface area contributed by atoms with E-state index in [2.05, 4.69) is 116 Å². The third-order valence-electron chi connectivity index (χ3n) is 8.05. The molecule has 0 atom stereocenters. The highest BCUT2D eigenvalue weighted by Crippen LogP contribution is 2.36. The number of benzene rings is 6. The predicted octanol–water partition coefficient (Wildman–Crippen LogP) is 11.2. The molecular weight excluding hydrogens is 560 g/mol. The number of furan rings is 1. The van der Waals surface area contributed by atoms with Crippen LogP contribution < -0.4 is 0 Å². The van der Waals surface area contributed by atoms with Crippen LogP contribution in [0.1, 0.15) is 22.5 Å². The van der Waals surface area contributed by atoms with Crippen molar-refractivity contribution >= 4 is 39.9 Å². The summed E-state index contributed by atoms with van der Waals surface area (Å²) in [5.74, 6) is 1.37. The van der Waals surface area contributed by atoms with Gasteiger partial charge in [-0.2, -0.15) is 0 Å². The molecule has 0 radical (unpaired) electrons. The number of rotatable bonds is 8. The molecule has 1 aromatic heterocycles. The lowest BCUT2D eigenvalue weighted by atomic mass is 9.96. The summed E-state index contributed by atoms with van der Waals surface area (Å²) in [5.41, 5.74) is 8.28. The molecule has 0 aliphatic carbocycles. The third kappa shape index (κ3) is 6.12. The summed E-state index contributed by atoms with van der Waals surface area (Å²) in [6, 6.07) is 50.3. The Balaban J connectivity index is 1.34. The molecule has 0 aliphatic rings. The first-order valence-corrected chi connectivity index (χ1v) is 15.4. The molecule has 1 heterocycles. The Morgan fingerprint density at radius 1 is 0.652 bits per heavy atom. The van der Waals surface area contributed by atoms with E-state index in [1.807, 2.05) is 54.8 Å². The van der Waals surface area contributed by atoms with Gasteiger partial charge in [0.15, 0.2) is 5.84 Å². The molecule has 3 nitrogen and oxygen atoms in total. The van der Waals surface area contributed by atoms with Crippen molar-refractivity contribution < 1.29 is 4.42 Å². The Hall–Kier alpha value is -6.06. The van der Waals surface area contributed by atoms with Crippen LogP contribution in [0.3, 0.4) is 0 Å². The maximum Gasteiger partial charge on any atom is 0.154 e. The van der Waals surface area contributed by atoms with Crippen molar-refractivity contribution in [3.63, 3.8) is 0 Å². The Morgan fingerprint density at radius 2 is 1.35 bits per heavy atom. The molecule has 0 N–H and O–H groups in total. The second kappa shape index (κ2) is 13.3. The van der Waals surface area contributed by atoms with E-state index in [1.165, 1.54) is 16.3 Å². The standard InChI is InChI=1S/C43H32N2O/c1-2-3-20-40-39(42-38(19-12-21-41(42)46-40)37-27-24-33-17-10-11-18-36(33)28-37)30-45-43(44-29-31-13-6-4-7-14-31)35-25-22-34(23-26-35)32-15-8-5-9-16-32/h2-28,30H,1,29H2/b20-3-,44-43-,45-30+. The lowest BCUT2D eigenvalue weighted by Gasteiger charge is -2.07. The number of allylic oxidation sites excluding steroid dienone is 2. The molecule has 0 saturated heterocycles. The van der Waals surface area contributed by atoms with Crippen molar-refractivity contribution in [1.82, 2.24) is 0 Å². The van der Waals surface area contributed by atoms with Crippen LogP contribution in [0, 0.1) is 0 Å². The smallest absolute Gasteiger partial charge is 0.154 e. The first kappa shape index (κ1) is 28.7. The van der Waals surface area contributed by atoms with Crippen LogP contribution >= 0.6 is 0 Å². The monoisotopic (exact) mass is 592 g/mol. The Labute approximate surface area is 269 Å². The zero-order valence-electron chi connectivity index (χ0n) is 25.4. The van der Waals surface area contributed by atoms with Crippen LogP contribution in [0.4, 0.5) is 0 Å². The quantitative estimate of drug-likeness (QED) is 0.0982. The van der Waals surface area contributed by atoms with Crippen molar-refractivity contribution in [3.05, 3.63) is 187 Å². The molecule has 0 fully saturated rings. The van der Waals surface area contributed by atoms with E-state index < -0.39 is 0 Å². The first-order chi connectivity index (χ1) is 22.8. The lowest BCUT2D eigenvalue weighted by molar-refractivity contribution is 0.603. The van der Waals surface area contributed by atoms with Gasteiger partial charge in [-0.25, -0.2) is 4.99 Å². The van der Waals surface area contributed by atoms with Gasteiger partial charge in [0.2, 0.25) is 0 Å². The summed E-state index contributed by atoms with van der Waals surface area (Å²) in [5, 5.41) is 3.41. The van der Waals surface area contributed by atoms with E-state index in [0.717, 1.165) is 44.3 Å². The van der Waals surface area contributed by atoms with Gasteiger partial charge in [0, 0.05) is 22.7 Å². The molecule has 6 aromatic carbocycles. The van der Waals surface area contributed by atoms with Crippen LogP contribution in [-0.2, 0) is 6.54 Å². The zero-order valence-corrected chi connectivity index (χ0v) is 25.4. The average Bonchev–Trinajstić information content (AvgIpc) is 3.49. The van der Waals surface area contributed by atoms with Gasteiger partial charge in [-0.1, -0.05) is 152 Å². The van der Waals surface area contributed by atoms with Crippen molar-refractivity contribution in [2.75, 3.05) is 0 Å². The number of fused-ring (bicyclic) bond motifs is 2. The third-order valence-corrected chi connectivity index (χ3v) is 8.05. The van der Waals surface area contributed by atoms with Crippen molar-refractivity contribution in [2.24, 2.45) is 9.98 Å². The minimum atomic E-state index is 0.519. The van der Waals surface area contributed by atoms with E-state index in [4.69, 9.17) is 14.4 Å². The highest BCUT2D eigenvalue weighted by molar-refractivity contribution is 6.13. The summed E-state index contributed by atoms with van der Waals surface area (Å²) in [4.78, 5) is 10.1. The van der Waals surface area contributed by atoms with Crippen LogP contribution in [0.2, 0.25) is 0 Å². The van der Waals surface area contributed by atoms with E-state index in [9.17, 15) is 0 Å². The Bertz CT molecular complexity index is 2220. The summed E-state index contributed by atoms with van der Waals surface area (Å²) in [7, 11) is 0. The van der Waals surface area contributed by atoms with Crippen LogP contribution in [-0.4, -0.2) is 12.1 Å².